The standard InChI is InChI=1S/C14H9Cl2N5/c1-7-19-6-9-8(5-17)13(18)21(14(9)20-7)12-10(15)3-2-4-11(12)16/h2-4,6H,18H2,1H3. The van der Waals surface area contributed by atoms with E-state index in [1.54, 1.807) is 35.9 Å². The van der Waals surface area contributed by atoms with Crippen molar-refractivity contribution in [3.63, 3.8) is 0 Å². The van der Waals surface area contributed by atoms with Crippen LogP contribution in [0.1, 0.15) is 11.4 Å². The average molecular weight is 318 g/mol. The monoisotopic (exact) mass is 317 g/mol. The molecule has 0 atom stereocenters. The second-order valence-corrected chi connectivity index (χ2v) is 5.25. The van der Waals surface area contributed by atoms with Crippen LogP contribution in [0.15, 0.2) is 24.4 Å². The highest BCUT2D eigenvalue weighted by atomic mass is 35.5. The Morgan fingerprint density at radius 2 is 1.95 bits per heavy atom. The second kappa shape index (κ2) is 4.92. The molecule has 0 aliphatic heterocycles. The smallest absolute Gasteiger partial charge is 0.151 e. The van der Waals surface area contributed by atoms with Crippen LogP contribution in [-0.2, 0) is 0 Å². The molecule has 0 unspecified atom stereocenters. The Balaban J connectivity index is 2.51. The van der Waals surface area contributed by atoms with E-state index in [0.717, 1.165) is 0 Å². The summed E-state index contributed by atoms with van der Waals surface area (Å²) in [6.45, 7) is 1.76. The molecule has 0 fully saturated rings. The van der Waals surface area contributed by atoms with Gasteiger partial charge >= 0.3 is 0 Å². The Morgan fingerprint density at radius 3 is 2.57 bits per heavy atom. The molecule has 0 radical (unpaired) electrons. The number of nitrogen functional groups attached to an aromatic ring is 1. The molecule has 3 rings (SSSR count). The van der Waals surface area contributed by atoms with Crippen LogP contribution in [0.5, 0.6) is 0 Å². The molecule has 104 valence electrons. The highest BCUT2D eigenvalue weighted by Gasteiger charge is 2.21. The fraction of sp³-hybridized carbons (Fsp3) is 0.0714. The molecular formula is C14H9Cl2N5. The van der Waals surface area contributed by atoms with Gasteiger partial charge in [-0.3, -0.25) is 4.57 Å². The van der Waals surface area contributed by atoms with Crippen LogP contribution < -0.4 is 5.73 Å². The number of fused-ring (bicyclic) bond motifs is 1. The maximum absolute atomic E-state index is 9.32. The number of nitriles is 1. The summed E-state index contributed by atoms with van der Waals surface area (Å²) in [5.74, 6) is 0.802. The van der Waals surface area contributed by atoms with Crippen molar-refractivity contribution in [1.82, 2.24) is 14.5 Å². The van der Waals surface area contributed by atoms with Crippen molar-refractivity contribution in [3.8, 4) is 11.8 Å². The molecule has 7 heteroatoms. The first-order chi connectivity index (χ1) is 10.0. The largest absolute Gasteiger partial charge is 0.384 e. The van der Waals surface area contributed by atoms with Crippen LogP contribution >= 0.6 is 23.2 Å². The maximum Gasteiger partial charge on any atom is 0.151 e. The number of rotatable bonds is 1. The van der Waals surface area contributed by atoms with Gasteiger partial charge in [0.2, 0.25) is 0 Å². The number of hydrogen-bond donors (Lipinski definition) is 1. The normalized spacial score (nSPS) is 10.8. The molecule has 0 aliphatic rings. The molecule has 2 aromatic heterocycles. The molecule has 0 spiro atoms. The van der Waals surface area contributed by atoms with Crippen LogP contribution in [0.25, 0.3) is 16.7 Å². The van der Waals surface area contributed by atoms with Crippen molar-refractivity contribution in [1.29, 1.82) is 5.26 Å². The molecule has 0 amide bonds. The highest BCUT2D eigenvalue weighted by Crippen LogP contribution is 2.36. The number of nitrogens with zero attached hydrogens (tertiary/aromatic N) is 4. The van der Waals surface area contributed by atoms with Gasteiger partial charge in [0.05, 0.1) is 21.1 Å². The summed E-state index contributed by atoms with van der Waals surface area (Å²) in [4.78, 5) is 8.48. The lowest BCUT2D eigenvalue weighted by Crippen LogP contribution is -2.03. The van der Waals surface area contributed by atoms with E-state index < -0.39 is 0 Å². The van der Waals surface area contributed by atoms with E-state index in [1.165, 1.54) is 0 Å². The Hall–Kier alpha value is -2.29. The Kier molecular flexibility index (Phi) is 3.20. The predicted octanol–water partition coefficient (Wildman–Crippen LogP) is 3.49. The topological polar surface area (TPSA) is 80.5 Å². The van der Waals surface area contributed by atoms with E-state index in [1.807, 2.05) is 0 Å². The summed E-state index contributed by atoms with van der Waals surface area (Å²) < 4.78 is 1.59. The minimum atomic E-state index is 0.238. The van der Waals surface area contributed by atoms with Crippen LogP contribution in [-0.4, -0.2) is 14.5 Å². The van der Waals surface area contributed by atoms with E-state index in [4.69, 9.17) is 28.9 Å². The Bertz CT molecular complexity index is 888. The third-order valence-electron chi connectivity index (χ3n) is 3.14. The first-order valence-electron chi connectivity index (χ1n) is 6.02. The van der Waals surface area contributed by atoms with Gasteiger partial charge in [0.1, 0.15) is 23.3 Å². The van der Waals surface area contributed by atoms with Crippen molar-refractivity contribution in [2.75, 3.05) is 5.73 Å². The number of benzene rings is 1. The number of para-hydroxylation sites is 1. The zero-order valence-electron chi connectivity index (χ0n) is 10.9. The van der Waals surface area contributed by atoms with E-state index >= 15 is 0 Å². The summed E-state index contributed by atoms with van der Waals surface area (Å²) in [7, 11) is 0. The fourth-order valence-corrected chi connectivity index (χ4v) is 2.78. The lowest BCUT2D eigenvalue weighted by atomic mass is 10.2. The van der Waals surface area contributed by atoms with Gasteiger partial charge in [-0.1, -0.05) is 29.3 Å². The van der Waals surface area contributed by atoms with Crippen molar-refractivity contribution in [2.45, 2.75) is 6.92 Å². The number of anilines is 1. The summed E-state index contributed by atoms with van der Waals surface area (Å²) in [5, 5.41) is 10.7. The van der Waals surface area contributed by atoms with E-state index in [0.29, 0.717) is 38.2 Å². The van der Waals surface area contributed by atoms with E-state index in [9.17, 15) is 5.26 Å². The van der Waals surface area contributed by atoms with Crippen molar-refractivity contribution in [2.24, 2.45) is 0 Å². The van der Waals surface area contributed by atoms with Crippen LogP contribution in [0, 0.1) is 18.3 Å². The third kappa shape index (κ3) is 2.00. The van der Waals surface area contributed by atoms with Crippen molar-refractivity contribution in [3.05, 3.63) is 45.8 Å². The van der Waals surface area contributed by atoms with Crippen molar-refractivity contribution < 1.29 is 0 Å². The summed E-state index contributed by atoms with van der Waals surface area (Å²) in [5.41, 5.74) is 7.42. The molecule has 0 saturated heterocycles. The number of halogens is 2. The minimum absolute atomic E-state index is 0.238. The van der Waals surface area contributed by atoms with E-state index in [-0.39, 0.29) is 5.82 Å². The molecule has 5 nitrogen and oxygen atoms in total. The van der Waals surface area contributed by atoms with Crippen LogP contribution in [0.4, 0.5) is 5.82 Å². The Labute approximate surface area is 130 Å². The lowest BCUT2D eigenvalue weighted by Gasteiger charge is -2.11. The van der Waals surface area contributed by atoms with Crippen LogP contribution in [0.3, 0.4) is 0 Å². The third-order valence-corrected chi connectivity index (χ3v) is 3.75. The predicted molar refractivity (Wildman–Crippen MR) is 82.7 cm³/mol. The second-order valence-electron chi connectivity index (χ2n) is 4.43. The van der Waals surface area contributed by atoms with Gasteiger partial charge in [-0.05, 0) is 19.1 Å². The van der Waals surface area contributed by atoms with Gasteiger partial charge in [0.15, 0.2) is 5.65 Å². The molecule has 0 aliphatic carbocycles. The molecule has 2 heterocycles. The number of nitrogens with two attached hydrogens (primary N) is 1. The van der Waals surface area contributed by atoms with Gasteiger partial charge in [-0.25, -0.2) is 9.97 Å². The van der Waals surface area contributed by atoms with Gasteiger partial charge in [0, 0.05) is 6.20 Å². The summed E-state index contributed by atoms with van der Waals surface area (Å²) >= 11 is 12.5. The first-order valence-corrected chi connectivity index (χ1v) is 6.78. The van der Waals surface area contributed by atoms with Gasteiger partial charge < -0.3 is 5.73 Å². The van der Waals surface area contributed by atoms with Gasteiger partial charge in [-0.2, -0.15) is 5.26 Å². The molecule has 21 heavy (non-hydrogen) atoms. The maximum atomic E-state index is 9.32. The molecule has 2 N–H and O–H groups in total. The Morgan fingerprint density at radius 1 is 1.29 bits per heavy atom. The summed E-state index contributed by atoms with van der Waals surface area (Å²) in [6.07, 6.45) is 1.58. The molecule has 0 saturated carbocycles. The minimum Gasteiger partial charge on any atom is -0.384 e. The van der Waals surface area contributed by atoms with Crippen LogP contribution in [0.2, 0.25) is 10.0 Å². The molecular weight excluding hydrogens is 309 g/mol. The zero-order valence-corrected chi connectivity index (χ0v) is 12.4. The summed E-state index contributed by atoms with van der Waals surface area (Å²) in [6, 6.07) is 7.22. The zero-order chi connectivity index (χ0) is 15.1. The number of hydrogen-bond acceptors (Lipinski definition) is 4. The lowest BCUT2D eigenvalue weighted by molar-refractivity contribution is 1.04. The average Bonchev–Trinajstić information content (AvgIpc) is 2.71. The molecule has 0 bridgehead atoms. The number of aromatic nitrogens is 3. The van der Waals surface area contributed by atoms with Gasteiger partial charge in [-0.15, -0.1) is 0 Å². The fourth-order valence-electron chi connectivity index (χ4n) is 2.22. The van der Waals surface area contributed by atoms with Crippen molar-refractivity contribution >= 4 is 40.1 Å². The quantitative estimate of drug-likeness (QED) is 0.745. The molecule has 1 aromatic carbocycles. The van der Waals surface area contributed by atoms with E-state index in [2.05, 4.69) is 16.0 Å². The van der Waals surface area contributed by atoms with Gasteiger partial charge in [0.25, 0.3) is 0 Å². The molecule has 3 aromatic rings. The SMILES string of the molecule is Cc1ncc2c(C#N)c(N)n(-c3c(Cl)cccc3Cl)c2n1. The first kappa shape index (κ1) is 13.7. The highest BCUT2D eigenvalue weighted by molar-refractivity contribution is 6.38. The number of aryl methyl sites for hydroxylation is 1.